The Hall–Kier alpha value is -1.73. The maximum absolute atomic E-state index is 5.86. The molecule has 2 aromatic heterocycles. The van der Waals surface area contributed by atoms with Crippen LogP contribution < -0.4 is 5.32 Å². The van der Waals surface area contributed by atoms with Crippen molar-refractivity contribution < 1.29 is 4.74 Å². The SMILES string of the molecule is CC1CCOC1c1nnc2n1CCNC2c1cnn(C)c1. The maximum Gasteiger partial charge on any atom is 0.162 e. The summed E-state index contributed by atoms with van der Waals surface area (Å²) in [7, 11) is 1.93. The highest BCUT2D eigenvalue weighted by Crippen LogP contribution is 2.35. The minimum Gasteiger partial charge on any atom is -0.370 e. The van der Waals surface area contributed by atoms with Crippen LogP contribution in [0.25, 0.3) is 0 Å². The number of aromatic nitrogens is 5. The number of ether oxygens (including phenoxy) is 1. The number of nitrogens with zero attached hydrogens (tertiary/aromatic N) is 5. The van der Waals surface area contributed by atoms with E-state index in [1.54, 1.807) is 0 Å². The van der Waals surface area contributed by atoms with Crippen LogP contribution in [-0.4, -0.2) is 37.7 Å². The topological polar surface area (TPSA) is 69.8 Å². The fourth-order valence-electron chi connectivity index (χ4n) is 3.27. The summed E-state index contributed by atoms with van der Waals surface area (Å²) in [6, 6.07) is 0.0606. The standard InChI is InChI=1S/C14H20N6O/c1-9-3-6-21-12(9)14-18-17-13-11(15-4-5-20(13)14)10-7-16-19(2)8-10/h7-9,11-12,15H,3-6H2,1-2H3. The van der Waals surface area contributed by atoms with Gasteiger partial charge >= 0.3 is 0 Å². The summed E-state index contributed by atoms with van der Waals surface area (Å²) in [6.45, 7) is 4.83. The molecule has 3 unspecified atom stereocenters. The van der Waals surface area contributed by atoms with Crippen LogP contribution in [0.3, 0.4) is 0 Å². The van der Waals surface area contributed by atoms with Gasteiger partial charge in [-0.3, -0.25) is 4.68 Å². The number of rotatable bonds is 2. The second-order valence-electron chi connectivity index (χ2n) is 5.96. The van der Waals surface area contributed by atoms with Crippen molar-refractivity contribution in [3.05, 3.63) is 29.6 Å². The Bertz CT molecular complexity index is 648. The van der Waals surface area contributed by atoms with Gasteiger partial charge in [-0.25, -0.2) is 0 Å². The van der Waals surface area contributed by atoms with Gasteiger partial charge in [0.05, 0.1) is 12.2 Å². The molecule has 4 heterocycles. The van der Waals surface area contributed by atoms with E-state index in [4.69, 9.17) is 4.74 Å². The zero-order valence-electron chi connectivity index (χ0n) is 12.4. The van der Waals surface area contributed by atoms with Crippen LogP contribution in [0.4, 0.5) is 0 Å². The molecule has 4 rings (SSSR count). The largest absolute Gasteiger partial charge is 0.370 e. The van der Waals surface area contributed by atoms with Crippen LogP contribution in [0.2, 0.25) is 0 Å². The van der Waals surface area contributed by atoms with Gasteiger partial charge in [-0.15, -0.1) is 10.2 Å². The normalized spacial score (nSPS) is 28.8. The van der Waals surface area contributed by atoms with Crippen molar-refractivity contribution in [1.29, 1.82) is 0 Å². The average Bonchev–Trinajstić information content (AvgIpc) is 3.17. The van der Waals surface area contributed by atoms with Crippen molar-refractivity contribution in [2.24, 2.45) is 13.0 Å². The van der Waals surface area contributed by atoms with E-state index in [9.17, 15) is 0 Å². The maximum atomic E-state index is 5.86. The van der Waals surface area contributed by atoms with Gasteiger partial charge < -0.3 is 14.6 Å². The first-order valence-electron chi connectivity index (χ1n) is 7.50. The van der Waals surface area contributed by atoms with Gasteiger partial charge in [0, 0.05) is 38.5 Å². The van der Waals surface area contributed by atoms with Crippen molar-refractivity contribution >= 4 is 0 Å². The van der Waals surface area contributed by atoms with E-state index in [1.165, 1.54) is 0 Å². The zero-order valence-corrected chi connectivity index (χ0v) is 12.4. The van der Waals surface area contributed by atoms with Gasteiger partial charge in [-0.2, -0.15) is 5.10 Å². The lowest BCUT2D eigenvalue weighted by Gasteiger charge is -2.25. The Morgan fingerprint density at radius 2 is 2.19 bits per heavy atom. The molecule has 0 saturated carbocycles. The lowest BCUT2D eigenvalue weighted by molar-refractivity contribution is 0.0832. The molecule has 0 aliphatic carbocycles. The molecule has 1 fully saturated rings. The molecule has 2 aliphatic heterocycles. The fraction of sp³-hybridized carbons (Fsp3) is 0.643. The van der Waals surface area contributed by atoms with Crippen LogP contribution in [0.5, 0.6) is 0 Å². The molecule has 0 aromatic carbocycles. The van der Waals surface area contributed by atoms with Crippen molar-refractivity contribution in [1.82, 2.24) is 29.9 Å². The Morgan fingerprint density at radius 3 is 2.90 bits per heavy atom. The Labute approximate surface area is 123 Å². The molecule has 0 bridgehead atoms. The predicted molar refractivity (Wildman–Crippen MR) is 75.5 cm³/mol. The molecule has 21 heavy (non-hydrogen) atoms. The smallest absolute Gasteiger partial charge is 0.162 e. The molecular formula is C14H20N6O. The molecule has 3 atom stereocenters. The van der Waals surface area contributed by atoms with Crippen molar-refractivity contribution in [2.45, 2.75) is 32.0 Å². The van der Waals surface area contributed by atoms with E-state index in [-0.39, 0.29) is 12.1 Å². The predicted octanol–water partition coefficient (Wildman–Crippen LogP) is 0.802. The molecule has 112 valence electrons. The monoisotopic (exact) mass is 288 g/mol. The Kier molecular flexibility index (Phi) is 3.04. The van der Waals surface area contributed by atoms with Crippen LogP contribution in [-0.2, 0) is 18.3 Å². The van der Waals surface area contributed by atoms with Gasteiger partial charge in [0.2, 0.25) is 0 Å². The highest BCUT2D eigenvalue weighted by molar-refractivity contribution is 5.22. The summed E-state index contributed by atoms with van der Waals surface area (Å²) in [6.07, 6.45) is 5.09. The van der Waals surface area contributed by atoms with Crippen molar-refractivity contribution in [3.63, 3.8) is 0 Å². The second-order valence-corrected chi connectivity index (χ2v) is 5.96. The van der Waals surface area contributed by atoms with E-state index < -0.39 is 0 Å². The average molecular weight is 288 g/mol. The fourth-order valence-corrected chi connectivity index (χ4v) is 3.27. The third-order valence-corrected chi connectivity index (χ3v) is 4.45. The van der Waals surface area contributed by atoms with Gasteiger partial charge in [-0.1, -0.05) is 6.92 Å². The summed E-state index contributed by atoms with van der Waals surface area (Å²) >= 11 is 0. The minimum absolute atomic E-state index is 0.0606. The third-order valence-electron chi connectivity index (χ3n) is 4.45. The molecule has 0 radical (unpaired) electrons. The number of fused-ring (bicyclic) bond motifs is 1. The summed E-state index contributed by atoms with van der Waals surface area (Å²) < 4.78 is 9.90. The van der Waals surface area contributed by atoms with Gasteiger partial charge in [-0.05, 0) is 12.3 Å². The minimum atomic E-state index is 0.0606. The van der Waals surface area contributed by atoms with Gasteiger partial charge in [0.15, 0.2) is 11.6 Å². The highest BCUT2D eigenvalue weighted by atomic mass is 16.5. The molecule has 2 aromatic rings. The summed E-state index contributed by atoms with van der Waals surface area (Å²) in [5.74, 6) is 2.45. The van der Waals surface area contributed by atoms with Crippen molar-refractivity contribution in [3.8, 4) is 0 Å². The number of nitrogens with one attached hydrogen (secondary N) is 1. The first kappa shape index (κ1) is 13.0. The van der Waals surface area contributed by atoms with Crippen LogP contribution >= 0.6 is 0 Å². The number of hydrogen-bond acceptors (Lipinski definition) is 5. The quantitative estimate of drug-likeness (QED) is 0.885. The molecule has 0 amide bonds. The number of aryl methyl sites for hydroxylation is 1. The van der Waals surface area contributed by atoms with Crippen LogP contribution in [0.1, 0.15) is 42.7 Å². The Morgan fingerprint density at radius 1 is 1.33 bits per heavy atom. The van der Waals surface area contributed by atoms with Crippen LogP contribution in [0, 0.1) is 5.92 Å². The van der Waals surface area contributed by atoms with E-state index in [0.29, 0.717) is 5.92 Å². The van der Waals surface area contributed by atoms with Crippen LogP contribution in [0.15, 0.2) is 12.4 Å². The lowest BCUT2D eigenvalue weighted by Crippen LogP contribution is -2.35. The molecule has 7 heteroatoms. The van der Waals surface area contributed by atoms with E-state index in [2.05, 4.69) is 32.1 Å². The van der Waals surface area contributed by atoms with Crippen molar-refractivity contribution in [2.75, 3.05) is 13.2 Å². The summed E-state index contributed by atoms with van der Waals surface area (Å²) in [5, 5.41) is 16.6. The van der Waals surface area contributed by atoms with E-state index in [1.807, 2.05) is 24.1 Å². The Balaban J connectivity index is 1.71. The molecule has 7 nitrogen and oxygen atoms in total. The molecule has 1 saturated heterocycles. The van der Waals surface area contributed by atoms with Gasteiger partial charge in [0.25, 0.3) is 0 Å². The second kappa shape index (κ2) is 4.92. The summed E-state index contributed by atoms with van der Waals surface area (Å²) in [4.78, 5) is 0. The highest BCUT2D eigenvalue weighted by Gasteiger charge is 2.34. The molecule has 0 spiro atoms. The molecular weight excluding hydrogens is 268 g/mol. The van der Waals surface area contributed by atoms with Gasteiger partial charge in [0.1, 0.15) is 6.10 Å². The first-order chi connectivity index (χ1) is 10.2. The molecule has 1 N–H and O–H groups in total. The third kappa shape index (κ3) is 2.08. The van der Waals surface area contributed by atoms with E-state index in [0.717, 1.165) is 43.3 Å². The first-order valence-corrected chi connectivity index (χ1v) is 7.50. The van der Waals surface area contributed by atoms with E-state index >= 15 is 0 Å². The zero-order chi connectivity index (χ0) is 14.4. The summed E-state index contributed by atoms with van der Waals surface area (Å²) in [5.41, 5.74) is 1.12. The molecule has 2 aliphatic rings. The number of hydrogen-bond donors (Lipinski definition) is 1. The lowest BCUT2D eigenvalue weighted by atomic mass is 10.0.